The maximum absolute atomic E-state index is 12.6. The highest BCUT2D eigenvalue weighted by atomic mass is 16.5. The standard InChI is InChI=1S/C22H28O2/c1-4-10-19(16-15-18-11-6-5-7-12-18)24-22(23)21-14-9-8-13-20(21)17(2)3/h5-9,11-14,17,19H,4,10,15-16H2,1-3H3. The topological polar surface area (TPSA) is 26.3 Å². The molecule has 0 saturated heterocycles. The molecule has 1 unspecified atom stereocenters. The summed E-state index contributed by atoms with van der Waals surface area (Å²) in [5.74, 6) is 0.119. The minimum atomic E-state index is -0.189. The highest BCUT2D eigenvalue weighted by Gasteiger charge is 2.19. The molecule has 2 aromatic rings. The van der Waals surface area contributed by atoms with Gasteiger partial charge in [-0.2, -0.15) is 0 Å². The predicted octanol–water partition coefficient (Wildman–Crippen LogP) is 5.77. The Hall–Kier alpha value is -2.09. The minimum Gasteiger partial charge on any atom is -0.459 e. The molecule has 0 radical (unpaired) electrons. The summed E-state index contributed by atoms with van der Waals surface area (Å²) >= 11 is 0. The van der Waals surface area contributed by atoms with Gasteiger partial charge in [0, 0.05) is 0 Å². The highest BCUT2D eigenvalue weighted by Crippen LogP contribution is 2.22. The van der Waals surface area contributed by atoms with Gasteiger partial charge in [-0.1, -0.05) is 75.7 Å². The van der Waals surface area contributed by atoms with Crippen LogP contribution < -0.4 is 0 Å². The molecule has 0 spiro atoms. The van der Waals surface area contributed by atoms with Gasteiger partial charge in [-0.15, -0.1) is 0 Å². The molecule has 24 heavy (non-hydrogen) atoms. The number of hydrogen-bond donors (Lipinski definition) is 0. The summed E-state index contributed by atoms with van der Waals surface area (Å²) in [5.41, 5.74) is 3.05. The third kappa shape index (κ3) is 5.23. The summed E-state index contributed by atoms with van der Waals surface area (Å²) in [6, 6.07) is 18.1. The second-order valence-corrected chi connectivity index (χ2v) is 6.58. The van der Waals surface area contributed by atoms with E-state index in [1.165, 1.54) is 5.56 Å². The number of carbonyl (C=O) groups is 1. The van der Waals surface area contributed by atoms with E-state index in [-0.39, 0.29) is 12.1 Å². The van der Waals surface area contributed by atoms with E-state index >= 15 is 0 Å². The Morgan fingerprint density at radius 2 is 1.62 bits per heavy atom. The van der Waals surface area contributed by atoms with Crippen LogP contribution in [0.25, 0.3) is 0 Å². The SMILES string of the molecule is CCCC(CCc1ccccc1)OC(=O)c1ccccc1C(C)C. The zero-order valence-corrected chi connectivity index (χ0v) is 15.0. The number of carbonyl (C=O) groups excluding carboxylic acids is 1. The molecule has 2 nitrogen and oxygen atoms in total. The van der Waals surface area contributed by atoms with Crippen molar-refractivity contribution >= 4 is 5.97 Å². The summed E-state index contributed by atoms with van der Waals surface area (Å²) < 4.78 is 5.85. The molecule has 2 aromatic carbocycles. The molecule has 0 fully saturated rings. The molecule has 0 saturated carbocycles. The van der Waals surface area contributed by atoms with Gasteiger partial charge >= 0.3 is 5.97 Å². The third-order valence-corrected chi connectivity index (χ3v) is 4.28. The number of ether oxygens (including phenoxy) is 1. The molecule has 0 heterocycles. The Kier molecular flexibility index (Phi) is 7.05. The van der Waals surface area contributed by atoms with Gasteiger partial charge in [0.15, 0.2) is 0 Å². The van der Waals surface area contributed by atoms with E-state index in [9.17, 15) is 4.79 Å². The molecule has 0 aromatic heterocycles. The number of benzene rings is 2. The van der Waals surface area contributed by atoms with E-state index in [1.807, 2.05) is 30.3 Å². The Morgan fingerprint density at radius 1 is 0.958 bits per heavy atom. The third-order valence-electron chi connectivity index (χ3n) is 4.28. The van der Waals surface area contributed by atoms with Gasteiger partial charge in [-0.3, -0.25) is 0 Å². The van der Waals surface area contributed by atoms with Crippen LogP contribution in [0.1, 0.15) is 67.4 Å². The molecule has 0 N–H and O–H groups in total. The molecule has 2 heteroatoms. The minimum absolute atomic E-state index is 0.0251. The zero-order chi connectivity index (χ0) is 17.4. The second-order valence-electron chi connectivity index (χ2n) is 6.58. The van der Waals surface area contributed by atoms with Crippen LogP contribution in [-0.2, 0) is 11.2 Å². The van der Waals surface area contributed by atoms with E-state index in [4.69, 9.17) is 4.74 Å². The number of aryl methyl sites for hydroxylation is 1. The number of rotatable bonds is 8. The van der Waals surface area contributed by atoms with E-state index in [0.29, 0.717) is 11.5 Å². The van der Waals surface area contributed by atoms with Crippen LogP contribution in [0.4, 0.5) is 0 Å². The first-order chi connectivity index (χ1) is 11.6. The molecule has 1 atom stereocenters. The molecule has 0 aliphatic rings. The van der Waals surface area contributed by atoms with Crippen LogP contribution in [0.2, 0.25) is 0 Å². The molecule has 2 rings (SSSR count). The largest absolute Gasteiger partial charge is 0.459 e. The maximum Gasteiger partial charge on any atom is 0.338 e. The second kappa shape index (κ2) is 9.27. The average Bonchev–Trinajstić information content (AvgIpc) is 2.60. The first-order valence-corrected chi connectivity index (χ1v) is 8.95. The van der Waals surface area contributed by atoms with Crippen molar-refractivity contribution in [2.24, 2.45) is 0 Å². The fourth-order valence-corrected chi connectivity index (χ4v) is 2.96. The van der Waals surface area contributed by atoms with Gasteiger partial charge in [0.2, 0.25) is 0 Å². The summed E-state index contributed by atoms with van der Waals surface area (Å²) in [6.07, 6.45) is 3.70. The van der Waals surface area contributed by atoms with Gasteiger partial charge in [-0.25, -0.2) is 4.79 Å². The van der Waals surface area contributed by atoms with Crippen LogP contribution in [0.15, 0.2) is 54.6 Å². The first-order valence-electron chi connectivity index (χ1n) is 8.95. The Bertz CT molecular complexity index is 631. The van der Waals surface area contributed by atoms with Gasteiger partial charge in [0.1, 0.15) is 6.10 Å². The molecule has 128 valence electrons. The van der Waals surface area contributed by atoms with Crippen molar-refractivity contribution in [2.75, 3.05) is 0 Å². The number of hydrogen-bond acceptors (Lipinski definition) is 2. The van der Waals surface area contributed by atoms with Gasteiger partial charge in [-0.05, 0) is 42.4 Å². The summed E-state index contributed by atoms with van der Waals surface area (Å²) in [6.45, 7) is 6.33. The summed E-state index contributed by atoms with van der Waals surface area (Å²) in [7, 11) is 0. The van der Waals surface area contributed by atoms with Crippen molar-refractivity contribution in [3.8, 4) is 0 Å². The lowest BCUT2D eigenvalue weighted by molar-refractivity contribution is 0.0259. The zero-order valence-electron chi connectivity index (χ0n) is 15.0. The maximum atomic E-state index is 12.6. The van der Waals surface area contributed by atoms with Crippen molar-refractivity contribution in [1.82, 2.24) is 0 Å². The van der Waals surface area contributed by atoms with Crippen molar-refractivity contribution in [2.45, 2.75) is 58.5 Å². The smallest absolute Gasteiger partial charge is 0.338 e. The number of esters is 1. The van der Waals surface area contributed by atoms with Crippen LogP contribution in [0.3, 0.4) is 0 Å². The van der Waals surface area contributed by atoms with Crippen molar-refractivity contribution in [1.29, 1.82) is 0 Å². The van der Waals surface area contributed by atoms with Gasteiger partial charge < -0.3 is 4.74 Å². The van der Waals surface area contributed by atoms with Crippen LogP contribution in [0, 0.1) is 0 Å². The van der Waals surface area contributed by atoms with Crippen LogP contribution in [0.5, 0.6) is 0 Å². The monoisotopic (exact) mass is 324 g/mol. The average molecular weight is 324 g/mol. The molecular formula is C22H28O2. The van der Waals surface area contributed by atoms with E-state index in [1.54, 1.807) is 0 Å². The quantitative estimate of drug-likeness (QED) is 0.576. The van der Waals surface area contributed by atoms with Crippen molar-refractivity contribution < 1.29 is 9.53 Å². The lowest BCUT2D eigenvalue weighted by Crippen LogP contribution is -2.20. The lowest BCUT2D eigenvalue weighted by Gasteiger charge is -2.19. The normalized spacial score (nSPS) is 12.2. The Morgan fingerprint density at radius 3 is 2.29 bits per heavy atom. The summed E-state index contributed by atoms with van der Waals surface area (Å²) in [4.78, 5) is 12.6. The predicted molar refractivity (Wildman–Crippen MR) is 99.4 cm³/mol. The lowest BCUT2D eigenvalue weighted by atomic mass is 9.97. The Balaban J connectivity index is 2.03. The van der Waals surface area contributed by atoms with Crippen molar-refractivity contribution in [3.05, 3.63) is 71.3 Å². The van der Waals surface area contributed by atoms with Gasteiger partial charge in [0.05, 0.1) is 5.56 Å². The molecular weight excluding hydrogens is 296 g/mol. The van der Waals surface area contributed by atoms with E-state index in [0.717, 1.165) is 31.2 Å². The fourth-order valence-electron chi connectivity index (χ4n) is 2.96. The first kappa shape index (κ1) is 18.3. The van der Waals surface area contributed by atoms with Crippen LogP contribution in [-0.4, -0.2) is 12.1 Å². The molecule has 0 aliphatic carbocycles. The Labute approximate surface area is 145 Å². The summed E-state index contributed by atoms with van der Waals surface area (Å²) in [5, 5.41) is 0. The fraction of sp³-hybridized carbons (Fsp3) is 0.409. The molecule has 0 aliphatic heterocycles. The molecule has 0 bridgehead atoms. The van der Waals surface area contributed by atoms with Crippen LogP contribution >= 0.6 is 0 Å². The van der Waals surface area contributed by atoms with Gasteiger partial charge in [0.25, 0.3) is 0 Å². The van der Waals surface area contributed by atoms with Crippen molar-refractivity contribution in [3.63, 3.8) is 0 Å². The van der Waals surface area contributed by atoms with E-state index < -0.39 is 0 Å². The molecule has 0 amide bonds. The highest BCUT2D eigenvalue weighted by molar-refractivity contribution is 5.91. The van der Waals surface area contributed by atoms with E-state index in [2.05, 4.69) is 45.0 Å².